The van der Waals surface area contributed by atoms with Crippen molar-refractivity contribution in [1.29, 1.82) is 0 Å². The van der Waals surface area contributed by atoms with Gasteiger partial charge in [-0.2, -0.15) is 4.31 Å². The number of carbonyl (C=O) groups excluding carboxylic acids is 1. The van der Waals surface area contributed by atoms with Crippen molar-refractivity contribution in [2.24, 2.45) is 14.1 Å². The summed E-state index contributed by atoms with van der Waals surface area (Å²) in [5, 5.41) is 11.9. The van der Waals surface area contributed by atoms with E-state index in [4.69, 9.17) is 4.74 Å². The van der Waals surface area contributed by atoms with Crippen molar-refractivity contribution in [2.45, 2.75) is 4.90 Å². The molecule has 2 aliphatic rings. The summed E-state index contributed by atoms with van der Waals surface area (Å²) in [6.45, 7) is 2.44. The van der Waals surface area contributed by atoms with Gasteiger partial charge in [-0.1, -0.05) is 0 Å². The summed E-state index contributed by atoms with van der Waals surface area (Å²) in [6, 6.07) is 9.01. The molecule has 0 spiro atoms. The largest absolute Gasteiger partial charge is 0.378 e. The van der Waals surface area contributed by atoms with E-state index in [1.165, 1.54) is 31.6 Å². The number of anilines is 1. The number of sulfonamides is 1. The number of ether oxygens (including phenoxy) is 1. The van der Waals surface area contributed by atoms with Crippen LogP contribution in [-0.2, 0) is 28.9 Å². The monoisotopic (exact) mass is 544 g/mol. The van der Waals surface area contributed by atoms with Gasteiger partial charge < -0.3 is 14.5 Å². The lowest BCUT2D eigenvalue weighted by atomic mass is 10.1. The van der Waals surface area contributed by atoms with E-state index in [9.17, 15) is 28.1 Å². The molecule has 2 aliphatic heterocycles. The Bertz CT molecular complexity index is 1580. The number of benzene rings is 2. The van der Waals surface area contributed by atoms with Crippen LogP contribution in [0.2, 0.25) is 0 Å². The molecule has 0 aliphatic carbocycles. The maximum absolute atomic E-state index is 13.4. The highest BCUT2D eigenvalue weighted by Crippen LogP contribution is 2.31. The third-order valence-corrected chi connectivity index (χ3v) is 9.07. The predicted octanol–water partition coefficient (Wildman–Crippen LogP) is 0.769. The zero-order valence-electron chi connectivity index (χ0n) is 21.1. The highest BCUT2D eigenvalue weighted by molar-refractivity contribution is 7.89. The molecule has 13 nitrogen and oxygen atoms in total. The fraction of sp³-hybridized carbons (Fsp3) is 0.417. The Balaban J connectivity index is 1.34. The third kappa shape index (κ3) is 4.44. The minimum atomic E-state index is -3.85. The van der Waals surface area contributed by atoms with Gasteiger partial charge in [-0.25, -0.2) is 13.2 Å². The number of nitrogens with zero attached hydrogens (tertiary/aromatic N) is 6. The van der Waals surface area contributed by atoms with Crippen molar-refractivity contribution in [3.05, 3.63) is 62.6 Å². The smallest absolute Gasteiger partial charge is 0.328 e. The molecule has 5 rings (SSSR count). The van der Waals surface area contributed by atoms with Crippen LogP contribution in [0.4, 0.5) is 11.4 Å². The van der Waals surface area contributed by atoms with Crippen LogP contribution < -0.4 is 10.6 Å². The van der Waals surface area contributed by atoms with Crippen molar-refractivity contribution in [1.82, 2.24) is 18.3 Å². The fourth-order valence-corrected chi connectivity index (χ4v) is 6.43. The van der Waals surface area contributed by atoms with Gasteiger partial charge in [0.2, 0.25) is 10.0 Å². The van der Waals surface area contributed by atoms with Gasteiger partial charge in [0.1, 0.15) is 5.69 Å². The number of piperazine rings is 1. The molecule has 0 saturated carbocycles. The average molecular weight is 545 g/mol. The Morgan fingerprint density at radius 3 is 2.24 bits per heavy atom. The molecule has 1 amide bonds. The van der Waals surface area contributed by atoms with Gasteiger partial charge in [0.15, 0.2) is 0 Å². The summed E-state index contributed by atoms with van der Waals surface area (Å²) < 4.78 is 36.2. The van der Waals surface area contributed by atoms with Crippen LogP contribution in [0.15, 0.2) is 46.1 Å². The number of carbonyl (C=O) groups is 1. The maximum Gasteiger partial charge on any atom is 0.328 e. The molecule has 14 heteroatoms. The minimum absolute atomic E-state index is 0.0802. The number of imidazole rings is 1. The van der Waals surface area contributed by atoms with Crippen molar-refractivity contribution in [3.63, 3.8) is 0 Å². The maximum atomic E-state index is 13.4. The first-order valence-corrected chi connectivity index (χ1v) is 13.6. The van der Waals surface area contributed by atoms with E-state index >= 15 is 0 Å². The molecule has 0 bridgehead atoms. The van der Waals surface area contributed by atoms with E-state index in [1.54, 1.807) is 42.1 Å². The molecule has 2 aromatic carbocycles. The van der Waals surface area contributed by atoms with Gasteiger partial charge in [-0.15, -0.1) is 0 Å². The van der Waals surface area contributed by atoms with Crippen molar-refractivity contribution in [3.8, 4) is 0 Å². The van der Waals surface area contributed by atoms with Crippen molar-refractivity contribution >= 4 is 38.3 Å². The lowest BCUT2D eigenvalue weighted by Crippen LogP contribution is -2.48. The summed E-state index contributed by atoms with van der Waals surface area (Å²) in [5.41, 5.74) is 1.27. The number of aromatic nitrogens is 2. The fourth-order valence-electron chi connectivity index (χ4n) is 4.98. The van der Waals surface area contributed by atoms with E-state index in [1.807, 2.05) is 0 Å². The van der Waals surface area contributed by atoms with E-state index in [0.29, 0.717) is 43.0 Å². The molecular weight excluding hydrogens is 516 g/mol. The zero-order valence-corrected chi connectivity index (χ0v) is 21.9. The second-order valence-electron chi connectivity index (χ2n) is 9.31. The van der Waals surface area contributed by atoms with E-state index in [-0.39, 0.29) is 53.9 Å². The average Bonchev–Trinajstić information content (AvgIpc) is 3.16. The molecule has 2 fully saturated rings. The molecule has 3 aromatic rings. The van der Waals surface area contributed by atoms with Gasteiger partial charge in [-0.05, 0) is 30.3 Å². The molecule has 202 valence electrons. The molecule has 1 aromatic heterocycles. The predicted molar refractivity (Wildman–Crippen MR) is 139 cm³/mol. The molecule has 2 saturated heterocycles. The summed E-state index contributed by atoms with van der Waals surface area (Å²) in [6.07, 6.45) is 0. The van der Waals surface area contributed by atoms with E-state index in [2.05, 4.69) is 0 Å². The molecular formula is C24H28N6O7S. The first kappa shape index (κ1) is 25.9. The standard InChI is InChI=1S/C24H28N6O7S/c1-25-19-6-4-18(16-21(19)26(2)24(25)32)38(35,36)29-9-7-27(8-10-29)20-5-3-17(15-22(20)30(33)34)23(31)28-11-13-37-14-12-28/h3-6,15-16H,7-14H2,1-2H3. The first-order chi connectivity index (χ1) is 18.1. The lowest BCUT2D eigenvalue weighted by molar-refractivity contribution is -0.384. The van der Waals surface area contributed by atoms with Crippen molar-refractivity contribution < 1.29 is 22.9 Å². The number of hydrogen-bond acceptors (Lipinski definition) is 8. The SMILES string of the molecule is Cn1c(=O)n(C)c2cc(S(=O)(=O)N3CCN(c4ccc(C(=O)N5CCOCC5)cc4[N+](=O)[O-])CC3)ccc21. The number of morpholine rings is 1. The van der Waals surface area contributed by atoms with Crippen LogP contribution in [0.5, 0.6) is 0 Å². The molecule has 3 heterocycles. The highest BCUT2D eigenvalue weighted by Gasteiger charge is 2.32. The van der Waals surface area contributed by atoms with Gasteiger partial charge in [0, 0.05) is 65.0 Å². The zero-order chi connectivity index (χ0) is 27.2. The van der Waals surface area contributed by atoms with Gasteiger partial charge >= 0.3 is 5.69 Å². The van der Waals surface area contributed by atoms with E-state index in [0.717, 1.165) is 0 Å². The number of nitro groups is 1. The van der Waals surface area contributed by atoms with Gasteiger partial charge in [0.05, 0.1) is 34.1 Å². The van der Waals surface area contributed by atoms with E-state index < -0.39 is 14.9 Å². The van der Waals surface area contributed by atoms with Gasteiger partial charge in [-0.3, -0.25) is 24.0 Å². The third-order valence-electron chi connectivity index (χ3n) is 7.18. The van der Waals surface area contributed by atoms with Crippen molar-refractivity contribution in [2.75, 3.05) is 57.4 Å². The van der Waals surface area contributed by atoms with Gasteiger partial charge in [0.25, 0.3) is 11.6 Å². The summed E-state index contributed by atoms with van der Waals surface area (Å²) in [4.78, 5) is 39.9. The first-order valence-electron chi connectivity index (χ1n) is 12.2. The molecule has 0 N–H and O–H groups in total. The number of aryl methyl sites for hydroxylation is 2. The second kappa shape index (κ2) is 9.85. The summed E-state index contributed by atoms with van der Waals surface area (Å²) in [7, 11) is -0.631. The Morgan fingerprint density at radius 1 is 0.921 bits per heavy atom. The van der Waals surface area contributed by atoms with Crippen LogP contribution in [0.1, 0.15) is 10.4 Å². The van der Waals surface area contributed by atoms with Crippen LogP contribution in [-0.4, -0.2) is 90.1 Å². The second-order valence-corrected chi connectivity index (χ2v) is 11.2. The Hall–Kier alpha value is -3.75. The molecule has 0 atom stereocenters. The Kier molecular flexibility index (Phi) is 6.71. The van der Waals surface area contributed by atoms with Crippen LogP contribution in [0.25, 0.3) is 11.0 Å². The number of nitro benzene ring substituents is 1. The summed E-state index contributed by atoms with van der Waals surface area (Å²) >= 11 is 0. The number of hydrogen-bond donors (Lipinski definition) is 0. The quantitative estimate of drug-likeness (QED) is 0.339. The lowest BCUT2D eigenvalue weighted by Gasteiger charge is -2.35. The Labute approximate surface area is 218 Å². The normalized spacial score (nSPS) is 17.2. The minimum Gasteiger partial charge on any atom is -0.378 e. The van der Waals surface area contributed by atoms with Crippen LogP contribution in [0, 0.1) is 10.1 Å². The molecule has 0 radical (unpaired) electrons. The van der Waals surface area contributed by atoms with Crippen LogP contribution in [0.3, 0.4) is 0 Å². The number of rotatable bonds is 5. The number of fused-ring (bicyclic) bond motifs is 1. The Morgan fingerprint density at radius 2 is 1.58 bits per heavy atom. The summed E-state index contributed by atoms with van der Waals surface area (Å²) in [5.74, 6) is -0.285. The number of amides is 1. The highest BCUT2D eigenvalue weighted by atomic mass is 32.2. The topological polar surface area (TPSA) is 140 Å². The molecule has 0 unspecified atom stereocenters. The molecule has 38 heavy (non-hydrogen) atoms. The van der Waals surface area contributed by atoms with Crippen LogP contribution >= 0.6 is 0 Å².